The van der Waals surface area contributed by atoms with Crippen LogP contribution in [0.25, 0.3) is 0 Å². The minimum absolute atomic E-state index is 0.0640. The molecule has 2 aliphatic rings. The molecule has 0 radical (unpaired) electrons. The van der Waals surface area contributed by atoms with Crippen molar-refractivity contribution in [2.45, 2.75) is 51.0 Å². The van der Waals surface area contributed by atoms with Crippen LogP contribution in [0, 0.1) is 5.92 Å². The highest BCUT2D eigenvalue weighted by Crippen LogP contribution is 2.23. The molecule has 0 aromatic heterocycles. The van der Waals surface area contributed by atoms with Crippen molar-refractivity contribution in [1.29, 1.82) is 0 Å². The normalized spacial score (nSPS) is 30.1. The Morgan fingerprint density at radius 3 is 2.44 bits per heavy atom. The number of nitrogens with zero attached hydrogens (tertiary/aromatic N) is 1. The van der Waals surface area contributed by atoms with Crippen LogP contribution in [0.3, 0.4) is 0 Å². The minimum atomic E-state index is 0.0640. The van der Waals surface area contributed by atoms with Crippen LogP contribution >= 0.6 is 0 Å². The second-order valence-corrected chi connectivity index (χ2v) is 5.75. The average Bonchev–Trinajstić information content (AvgIpc) is 2.63. The number of hydrogen-bond donors (Lipinski definition) is 2. The summed E-state index contributed by atoms with van der Waals surface area (Å²) in [6.07, 6.45) is 8.41. The molecular formula is C14H27N3O. The fourth-order valence-corrected chi connectivity index (χ4v) is 3.14. The van der Waals surface area contributed by atoms with E-state index in [1.54, 1.807) is 0 Å². The first-order valence-corrected chi connectivity index (χ1v) is 7.53. The molecule has 3 N–H and O–H groups in total. The molecule has 1 amide bonds. The quantitative estimate of drug-likeness (QED) is 0.789. The molecule has 1 saturated carbocycles. The molecule has 1 aliphatic heterocycles. The topological polar surface area (TPSA) is 58.4 Å². The van der Waals surface area contributed by atoms with Gasteiger partial charge in [0.15, 0.2) is 0 Å². The lowest BCUT2D eigenvalue weighted by Crippen LogP contribution is -2.42. The van der Waals surface area contributed by atoms with E-state index < -0.39 is 0 Å². The number of carbonyl (C=O) groups excluding carboxylic acids is 1. The van der Waals surface area contributed by atoms with E-state index >= 15 is 0 Å². The van der Waals surface area contributed by atoms with Crippen LogP contribution in [0.4, 0.5) is 0 Å². The molecule has 2 rings (SSSR count). The molecule has 1 aliphatic carbocycles. The fourth-order valence-electron chi connectivity index (χ4n) is 3.14. The molecule has 4 nitrogen and oxygen atoms in total. The summed E-state index contributed by atoms with van der Waals surface area (Å²) >= 11 is 0. The van der Waals surface area contributed by atoms with E-state index in [0.29, 0.717) is 0 Å². The van der Waals surface area contributed by atoms with Crippen LogP contribution < -0.4 is 11.1 Å². The molecule has 4 heteroatoms. The van der Waals surface area contributed by atoms with E-state index in [0.717, 1.165) is 32.4 Å². The number of rotatable bonds is 4. The summed E-state index contributed by atoms with van der Waals surface area (Å²) in [5.41, 5.74) is 5.94. The van der Waals surface area contributed by atoms with E-state index in [2.05, 4.69) is 10.2 Å². The van der Waals surface area contributed by atoms with Gasteiger partial charge >= 0.3 is 0 Å². The Morgan fingerprint density at radius 1 is 1.11 bits per heavy atom. The highest BCUT2D eigenvalue weighted by molar-refractivity contribution is 5.79. The smallest absolute Gasteiger partial charge is 0.224 e. The summed E-state index contributed by atoms with van der Waals surface area (Å²) in [5.74, 6) is 0.240. The van der Waals surface area contributed by atoms with E-state index in [1.165, 1.54) is 38.8 Å². The Hall–Kier alpha value is -0.610. The zero-order valence-electron chi connectivity index (χ0n) is 11.4. The molecule has 0 bridgehead atoms. The molecular weight excluding hydrogens is 226 g/mol. The summed E-state index contributed by atoms with van der Waals surface area (Å²) < 4.78 is 0. The average molecular weight is 253 g/mol. The van der Waals surface area contributed by atoms with E-state index in [-0.39, 0.29) is 17.9 Å². The first-order chi connectivity index (χ1) is 8.77. The van der Waals surface area contributed by atoms with Gasteiger partial charge in [-0.1, -0.05) is 19.3 Å². The first kappa shape index (κ1) is 13.8. The Labute approximate surface area is 110 Å². The molecule has 104 valence electrons. The fraction of sp³-hybridized carbons (Fsp3) is 0.929. The van der Waals surface area contributed by atoms with Gasteiger partial charge in [-0.3, -0.25) is 4.79 Å². The third-order valence-corrected chi connectivity index (χ3v) is 4.33. The van der Waals surface area contributed by atoms with Gasteiger partial charge in [-0.2, -0.15) is 0 Å². The van der Waals surface area contributed by atoms with Crippen molar-refractivity contribution in [3.8, 4) is 0 Å². The number of hydrogen-bond acceptors (Lipinski definition) is 3. The number of nitrogens with two attached hydrogens (primary N) is 1. The lowest BCUT2D eigenvalue weighted by Gasteiger charge is -2.21. The first-order valence-electron chi connectivity index (χ1n) is 7.53. The maximum absolute atomic E-state index is 12.0. The van der Waals surface area contributed by atoms with Gasteiger partial charge in [0, 0.05) is 19.1 Å². The largest absolute Gasteiger partial charge is 0.355 e. The summed E-state index contributed by atoms with van der Waals surface area (Å²) in [6.45, 7) is 4.16. The van der Waals surface area contributed by atoms with Crippen molar-refractivity contribution in [2.75, 3.05) is 26.2 Å². The minimum Gasteiger partial charge on any atom is -0.355 e. The van der Waals surface area contributed by atoms with Gasteiger partial charge in [0.05, 0.1) is 5.92 Å². The summed E-state index contributed by atoms with van der Waals surface area (Å²) in [4.78, 5) is 14.4. The third kappa shape index (κ3) is 3.95. The van der Waals surface area contributed by atoms with Gasteiger partial charge in [-0.05, 0) is 38.8 Å². The predicted molar refractivity (Wildman–Crippen MR) is 73.2 cm³/mol. The number of nitrogens with one attached hydrogen (secondary N) is 1. The van der Waals surface area contributed by atoms with E-state index in [9.17, 15) is 4.79 Å². The molecule has 2 fully saturated rings. The van der Waals surface area contributed by atoms with E-state index in [1.807, 2.05) is 0 Å². The molecule has 0 spiro atoms. The van der Waals surface area contributed by atoms with Crippen LogP contribution in [0.15, 0.2) is 0 Å². The molecule has 0 aromatic rings. The maximum atomic E-state index is 12.0. The Kier molecular flexibility index (Phi) is 5.45. The summed E-state index contributed by atoms with van der Waals surface area (Å²) in [7, 11) is 0. The van der Waals surface area contributed by atoms with Gasteiger partial charge in [0.1, 0.15) is 0 Å². The SMILES string of the molecule is NC1CCCC1C(=O)NCCN1CCCCCC1. The predicted octanol–water partition coefficient (Wildman–Crippen LogP) is 1.11. The van der Waals surface area contributed by atoms with Crippen molar-refractivity contribution >= 4 is 5.91 Å². The van der Waals surface area contributed by atoms with Crippen molar-refractivity contribution < 1.29 is 4.79 Å². The van der Waals surface area contributed by atoms with Crippen LogP contribution in [0.5, 0.6) is 0 Å². The second kappa shape index (κ2) is 7.10. The van der Waals surface area contributed by atoms with Gasteiger partial charge in [0.25, 0.3) is 0 Å². The van der Waals surface area contributed by atoms with E-state index in [4.69, 9.17) is 5.73 Å². The maximum Gasteiger partial charge on any atom is 0.224 e. The standard InChI is InChI=1S/C14H27N3O/c15-13-7-5-6-12(13)14(18)16-8-11-17-9-3-1-2-4-10-17/h12-13H,1-11,15H2,(H,16,18). The Bertz CT molecular complexity index is 262. The van der Waals surface area contributed by atoms with Crippen LogP contribution in [-0.4, -0.2) is 43.0 Å². The molecule has 2 unspecified atom stereocenters. The molecule has 2 atom stereocenters. The van der Waals surface area contributed by atoms with Crippen LogP contribution in [0.2, 0.25) is 0 Å². The van der Waals surface area contributed by atoms with Crippen molar-refractivity contribution in [2.24, 2.45) is 11.7 Å². The van der Waals surface area contributed by atoms with Crippen molar-refractivity contribution in [3.05, 3.63) is 0 Å². The molecule has 0 aromatic carbocycles. The Morgan fingerprint density at radius 2 is 1.83 bits per heavy atom. The van der Waals surface area contributed by atoms with Crippen molar-refractivity contribution in [1.82, 2.24) is 10.2 Å². The van der Waals surface area contributed by atoms with Gasteiger partial charge in [0.2, 0.25) is 5.91 Å². The van der Waals surface area contributed by atoms with Gasteiger partial charge in [-0.15, -0.1) is 0 Å². The second-order valence-electron chi connectivity index (χ2n) is 5.75. The van der Waals surface area contributed by atoms with Crippen LogP contribution in [0.1, 0.15) is 44.9 Å². The van der Waals surface area contributed by atoms with Gasteiger partial charge < -0.3 is 16.0 Å². The van der Waals surface area contributed by atoms with Crippen molar-refractivity contribution in [3.63, 3.8) is 0 Å². The lowest BCUT2D eigenvalue weighted by molar-refractivity contribution is -0.125. The molecule has 1 heterocycles. The van der Waals surface area contributed by atoms with Gasteiger partial charge in [-0.25, -0.2) is 0 Å². The zero-order valence-corrected chi connectivity index (χ0v) is 11.4. The molecule has 18 heavy (non-hydrogen) atoms. The lowest BCUT2D eigenvalue weighted by atomic mass is 10.0. The highest BCUT2D eigenvalue weighted by Gasteiger charge is 2.29. The number of carbonyl (C=O) groups is 1. The van der Waals surface area contributed by atoms with Crippen LogP contribution in [-0.2, 0) is 4.79 Å². The Balaban J connectivity index is 1.63. The monoisotopic (exact) mass is 253 g/mol. The zero-order chi connectivity index (χ0) is 12.8. The summed E-state index contributed by atoms with van der Waals surface area (Å²) in [6, 6.07) is 0.0863. The number of likely N-dealkylation sites (tertiary alicyclic amines) is 1. The highest BCUT2D eigenvalue weighted by atomic mass is 16.1. The molecule has 1 saturated heterocycles. The third-order valence-electron chi connectivity index (χ3n) is 4.33. The number of amides is 1. The summed E-state index contributed by atoms with van der Waals surface area (Å²) in [5, 5.41) is 3.06.